The molecule has 2 aromatic rings. The van der Waals surface area contributed by atoms with Gasteiger partial charge in [-0.3, -0.25) is 9.69 Å². The fourth-order valence-corrected chi connectivity index (χ4v) is 3.40. The van der Waals surface area contributed by atoms with Crippen molar-refractivity contribution in [3.05, 3.63) is 35.8 Å². The van der Waals surface area contributed by atoms with Crippen molar-refractivity contribution >= 4 is 5.91 Å². The van der Waals surface area contributed by atoms with Gasteiger partial charge in [0.2, 0.25) is 0 Å². The third kappa shape index (κ3) is 2.88. The van der Waals surface area contributed by atoms with E-state index in [1.54, 1.807) is 17.0 Å². The van der Waals surface area contributed by atoms with Crippen molar-refractivity contribution in [3.8, 4) is 0 Å². The summed E-state index contributed by atoms with van der Waals surface area (Å²) >= 11 is 0. The number of rotatable bonds is 3. The number of carbonyl (C=O) groups is 1. The average Bonchev–Trinajstić information content (AvgIpc) is 3.29. The summed E-state index contributed by atoms with van der Waals surface area (Å²) in [6.45, 7) is 5.22. The van der Waals surface area contributed by atoms with E-state index in [0.29, 0.717) is 18.8 Å². The monoisotopic (exact) mass is 315 g/mol. The Morgan fingerprint density at radius 2 is 2.00 bits per heavy atom. The third-order valence-electron chi connectivity index (χ3n) is 4.63. The molecule has 7 nitrogen and oxygen atoms in total. The van der Waals surface area contributed by atoms with Crippen LogP contribution >= 0.6 is 0 Å². The number of fused-ring (bicyclic) bond motifs is 1. The first-order valence-electron chi connectivity index (χ1n) is 8.27. The summed E-state index contributed by atoms with van der Waals surface area (Å²) in [5.74, 6) is 2.20. The first kappa shape index (κ1) is 14.4. The smallest absolute Gasteiger partial charge is 0.289 e. The highest BCUT2D eigenvalue weighted by Gasteiger charge is 2.25. The molecule has 0 N–H and O–H groups in total. The molecule has 0 atom stereocenters. The number of furan rings is 1. The molecule has 4 heterocycles. The van der Waals surface area contributed by atoms with Crippen molar-refractivity contribution < 1.29 is 9.21 Å². The summed E-state index contributed by atoms with van der Waals surface area (Å²) in [4.78, 5) is 16.7. The number of hydrogen-bond acceptors (Lipinski definition) is 5. The minimum absolute atomic E-state index is 0.0763. The lowest BCUT2D eigenvalue weighted by Crippen LogP contribution is -2.30. The van der Waals surface area contributed by atoms with E-state index in [-0.39, 0.29) is 5.91 Å². The molecule has 122 valence electrons. The third-order valence-corrected chi connectivity index (χ3v) is 4.63. The van der Waals surface area contributed by atoms with E-state index in [1.165, 1.54) is 19.1 Å². The summed E-state index contributed by atoms with van der Waals surface area (Å²) in [5, 5.41) is 8.70. The predicted octanol–water partition coefficient (Wildman–Crippen LogP) is 1.51. The van der Waals surface area contributed by atoms with Crippen molar-refractivity contribution in [3.63, 3.8) is 0 Å². The van der Waals surface area contributed by atoms with Crippen molar-refractivity contribution in [1.29, 1.82) is 0 Å². The molecule has 0 aliphatic carbocycles. The zero-order valence-electron chi connectivity index (χ0n) is 13.1. The van der Waals surface area contributed by atoms with Crippen LogP contribution in [-0.4, -0.2) is 50.1 Å². The largest absolute Gasteiger partial charge is 0.459 e. The number of hydrogen-bond donors (Lipinski definition) is 0. The Kier molecular flexibility index (Phi) is 3.87. The summed E-state index contributed by atoms with van der Waals surface area (Å²) < 4.78 is 7.42. The molecule has 1 fully saturated rings. The topological polar surface area (TPSA) is 67.4 Å². The molecule has 1 saturated heterocycles. The van der Waals surface area contributed by atoms with Gasteiger partial charge >= 0.3 is 0 Å². The van der Waals surface area contributed by atoms with E-state index in [9.17, 15) is 4.79 Å². The quantitative estimate of drug-likeness (QED) is 0.859. The highest BCUT2D eigenvalue weighted by atomic mass is 16.3. The highest BCUT2D eigenvalue weighted by molar-refractivity contribution is 5.91. The number of likely N-dealkylation sites (tertiary alicyclic amines) is 1. The summed E-state index contributed by atoms with van der Waals surface area (Å²) in [6.07, 6.45) is 4.98. The first-order chi connectivity index (χ1) is 11.3. The summed E-state index contributed by atoms with van der Waals surface area (Å²) in [6, 6.07) is 3.44. The lowest BCUT2D eigenvalue weighted by atomic mass is 10.3. The van der Waals surface area contributed by atoms with Crippen LogP contribution in [-0.2, 0) is 19.6 Å². The van der Waals surface area contributed by atoms with Gasteiger partial charge in [0.25, 0.3) is 5.91 Å². The van der Waals surface area contributed by atoms with Crippen molar-refractivity contribution in [2.24, 2.45) is 0 Å². The molecule has 4 rings (SSSR count). The van der Waals surface area contributed by atoms with Gasteiger partial charge in [-0.15, -0.1) is 10.2 Å². The molecule has 0 radical (unpaired) electrons. The van der Waals surface area contributed by atoms with Crippen LogP contribution in [0.4, 0.5) is 0 Å². The molecule has 0 bridgehead atoms. The molecular weight excluding hydrogens is 294 g/mol. The van der Waals surface area contributed by atoms with Crippen molar-refractivity contribution in [2.75, 3.05) is 19.6 Å². The molecule has 23 heavy (non-hydrogen) atoms. The normalized spacial score (nSPS) is 18.9. The Hall–Kier alpha value is -2.15. The minimum Gasteiger partial charge on any atom is -0.459 e. The predicted molar refractivity (Wildman–Crippen MR) is 82.6 cm³/mol. The van der Waals surface area contributed by atoms with E-state index in [1.807, 2.05) is 0 Å². The second kappa shape index (κ2) is 6.16. The van der Waals surface area contributed by atoms with E-state index >= 15 is 0 Å². The molecule has 0 unspecified atom stereocenters. The van der Waals surface area contributed by atoms with Gasteiger partial charge in [-0.1, -0.05) is 0 Å². The molecule has 7 heteroatoms. The van der Waals surface area contributed by atoms with Gasteiger partial charge in [0.15, 0.2) is 11.6 Å². The van der Waals surface area contributed by atoms with Crippen LogP contribution in [0.5, 0.6) is 0 Å². The van der Waals surface area contributed by atoms with Crippen LogP contribution < -0.4 is 0 Å². The van der Waals surface area contributed by atoms with E-state index in [2.05, 4.69) is 19.7 Å². The first-order valence-corrected chi connectivity index (χ1v) is 8.27. The average molecular weight is 315 g/mol. The standard InChI is InChI=1S/C16H21N5O2/c22-16(13-5-3-10-23-13)20-8-4-9-21-14(17-18-15(21)12-20)11-19-6-1-2-7-19/h3,5,10H,1-2,4,6-9,11-12H2. The number of amides is 1. The zero-order valence-corrected chi connectivity index (χ0v) is 13.1. The van der Waals surface area contributed by atoms with Gasteiger partial charge in [-0.25, -0.2) is 0 Å². The van der Waals surface area contributed by atoms with E-state index in [0.717, 1.165) is 44.2 Å². The van der Waals surface area contributed by atoms with Gasteiger partial charge < -0.3 is 13.9 Å². The van der Waals surface area contributed by atoms with Crippen molar-refractivity contribution in [2.45, 2.75) is 38.9 Å². The van der Waals surface area contributed by atoms with Crippen LogP contribution in [0.2, 0.25) is 0 Å². The van der Waals surface area contributed by atoms with Crippen molar-refractivity contribution in [1.82, 2.24) is 24.6 Å². The minimum atomic E-state index is -0.0763. The lowest BCUT2D eigenvalue weighted by molar-refractivity contribution is 0.0711. The Morgan fingerprint density at radius 3 is 2.78 bits per heavy atom. The fourth-order valence-electron chi connectivity index (χ4n) is 3.40. The van der Waals surface area contributed by atoms with Gasteiger partial charge in [0.1, 0.15) is 5.82 Å². The number of aromatic nitrogens is 3. The molecule has 0 aromatic carbocycles. The van der Waals surface area contributed by atoms with Crippen LogP contribution in [0, 0.1) is 0 Å². The molecule has 2 aromatic heterocycles. The highest BCUT2D eigenvalue weighted by Crippen LogP contribution is 2.18. The van der Waals surface area contributed by atoms with Crippen LogP contribution in [0.15, 0.2) is 22.8 Å². The Balaban J connectivity index is 1.51. The molecule has 2 aliphatic rings. The van der Waals surface area contributed by atoms with Gasteiger partial charge in [-0.2, -0.15) is 0 Å². The van der Waals surface area contributed by atoms with E-state index in [4.69, 9.17) is 4.42 Å². The molecule has 1 amide bonds. The van der Waals surface area contributed by atoms with Gasteiger partial charge in [0, 0.05) is 13.1 Å². The molecule has 0 spiro atoms. The lowest BCUT2D eigenvalue weighted by Gasteiger charge is -2.17. The van der Waals surface area contributed by atoms with Gasteiger partial charge in [-0.05, 0) is 44.5 Å². The molecule has 0 saturated carbocycles. The number of carbonyl (C=O) groups excluding carboxylic acids is 1. The fraction of sp³-hybridized carbons (Fsp3) is 0.562. The summed E-state index contributed by atoms with van der Waals surface area (Å²) in [7, 11) is 0. The van der Waals surface area contributed by atoms with E-state index < -0.39 is 0 Å². The maximum absolute atomic E-state index is 12.5. The maximum atomic E-state index is 12.5. The second-order valence-electron chi connectivity index (χ2n) is 6.22. The Morgan fingerprint density at radius 1 is 1.13 bits per heavy atom. The van der Waals surface area contributed by atoms with Crippen LogP contribution in [0.25, 0.3) is 0 Å². The SMILES string of the molecule is O=C(c1ccco1)N1CCCn2c(CN3CCCC3)nnc2C1. The number of nitrogens with zero attached hydrogens (tertiary/aromatic N) is 5. The maximum Gasteiger partial charge on any atom is 0.289 e. The van der Waals surface area contributed by atoms with Crippen LogP contribution in [0.3, 0.4) is 0 Å². The van der Waals surface area contributed by atoms with Crippen LogP contribution in [0.1, 0.15) is 41.5 Å². The van der Waals surface area contributed by atoms with Gasteiger partial charge in [0.05, 0.1) is 19.4 Å². The molecule has 2 aliphatic heterocycles. The Bertz CT molecular complexity index is 673. The zero-order chi connectivity index (χ0) is 15.6. The molecular formula is C16H21N5O2. The Labute approximate surface area is 134 Å². The summed E-state index contributed by atoms with van der Waals surface area (Å²) in [5.41, 5.74) is 0. The second-order valence-corrected chi connectivity index (χ2v) is 6.22.